The van der Waals surface area contributed by atoms with Gasteiger partial charge in [-0.15, -0.1) is 0 Å². The molecular weight excluding hydrogens is 132 g/mol. The average Bonchev–Trinajstić information content (AvgIpc) is 2.34. The van der Waals surface area contributed by atoms with Crippen LogP contribution in [0, 0.1) is 0 Å². The first-order chi connectivity index (χ1) is 4.74. The fourth-order valence-electron chi connectivity index (χ4n) is 1.22. The number of ether oxygens (including phenoxy) is 1. The van der Waals surface area contributed by atoms with Crippen LogP contribution >= 0.6 is 0 Å². The van der Waals surface area contributed by atoms with Crippen LogP contribution in [0.4, 0.5) is 0 Å². The molecule has 1 rings (SSSR count). The predicted octanol–water partition coefficient (Wildman–Crippen LogP) is -0.0929. The van der Waals surface area contributed by atoms with Crippen molar-refractivity contribution < 1.29 is 14.9 Å². The van der Waals surface area contributed by atoms with Crippen LogP contribution in [-0.2, 0) is 4.74 Å². The highest BCUT2D eigenvalue weighted by atomic mass is 16.5. The number of hydrogen-bond acceptors (Lipinski definition) is 3. The molecule has 0 radical (unpaired) electrons. The minimum Gasteiger partial charge on any atom is -0.394 e. The molecule has 0 saturated carbocycles. The summed E-state index contributed by atoms with van der Waals surface area (Å²) in [6, 6.07) is 0. The van der Waals surface area contributed by atoms with Crippen molar-refractivity contribution in [3.8, 4) is 0 Å². The third-order valence-electron chi connectivity index (χ3n) is 1.88. The zero-order chi connectivity index (χ0) is 7.56. The lowest BCUT2D eigenvalue weighted by Gasteiger charge is -2.13. The van der Waals surface area contributed by atoms with Gasteiger partial charge in [0.25, 0.3) is 0 Å². The largest absolute Gasteiger partial charge is 0.394 e. The first-order valence-electron chi connectivity index (χ1n) is 3.68. The minimum atomic E-state index is -0.406. The highest BCUT2D eigenvalue weighted by Gasteiger charge is 2.27. The number of aliphatic hydroxyl groups excluding tert-OH is 2. The Kier molecular flexibility index (Phi) is 2.65. The Labute approximate surface area is 60.6 Å². The molecule has 1 aliphatic heterocycles. The van der Waals surface area contributed by atoms with Crippen LogP contribution in [0.2, 0.25) is 0 Å². The van der Waals surface area contributed by atoms with Crippen LogP contribution in [0.25, 0.3) is 0 Å². The molecule has 3 atom stereocenters. The van der Waals surface area contributed by atoms with Crippen LogP contribution in [0.1, 0.15) is 19.8 Å². The summed E-state index contributed by atoms with van der Waals surface area (Å²) in [5.74, 6) is 0. The van der Waals surface area contributed by atoms with Crippen molar-refractivity contribution in [2.75, 3.05) is 6.61 Å². The average molecular weight is 146 g/mol. The molecule has 3 nitrogen and oxygen atoms in total. The van der Waals surface area contributed by atoms with E-state index in [1.165, 1.54) is 0 Å². The van der Waals surface area contributed by atoms with Gasteiger partial charge in [-0.1, -0.05) is 0 Å². The molecule has 1 saturated heterocycles. The number of rotatable bonds is 2. The second kappa shape index (κ2) is 3.32. The van der Waals surface area contributed by atoms with Crippen LogP contribution in [0.5, 0.6) is 0 Å². The standard InChI is InChI=1S/C7H14O3/c1-5(9)7-3-2-6(4-8)10-7/h5-9H,2-4H2,1H3/t5-,6-,7-/m1/s1. The SMILES string of the molecule is C[C@@H](O)[C@H]1CC[C@H](CO)O1. The maximum atomic E-state index is 9.06. The molecule has 1 aliphatic rings. The lowest BCUT2D eigenvalue weighted by atomic mass is 10.1. The summed E-state index contributed by atoms with van der Waals surface area (Å²) < 4.78 is 5.27. The molecule has 1 heterocycles. The minimum absolute atomic E-state index is 0.0420. The molecule has 0 amide bonds. The Morgan fingerprint density at radius 3 is 2.60 bits per heavy atom. The molecule has 3 heteroatoms. The maximum absolute atomic E-state index is 9.06. The molecule has 60 valence electrons. The van der Waals surface area contributed by atoms with Crippen molar-refractivity contribution in [3.05, 3.63) is 0 Å². The molecule has 0 spiro atoms. The normalized spacial score (nSPS) is 36.3. The monoisotopic (exact) mass is 146 g/mol. The van der Waals surface area contributed by atoms with Gasteiger partial charge < -0.3 is 14.9 Å². The van der Waals surface area contributed by atoms with E-state index in [0.29, 0.717) is 0 Å². The summed E-state index contributed by atoms with van der Waals surface area (Å²) in [7, 11) is 0. The van der Waals surface area contributed by atoms with Gasteiger partial charge in [-0.3, -0.25) is 0 Å². The third kappa shape index (κ3) is 1.68. The van der Waals surface area contributed by atoms with E-state index in [-0.39, 0.29) is 18.8 Å². The van der Waals surface area contributed by atoms with E-state index in [9.17, 15) is 0 Å². The Hall–Kier alpha value is -0.120. The predicted molar refractivity (Wildman–Crippen MR) is 36.7 cm³/mol. The van der Waals surface area contributed by atoms with Crippen molar-refractivity contribution in [3.63, 3.8) is 0 Å². The summed E-state index contributed by atoms with van der Waals surface area (Å²) >= 11 is 0. The van der Waals surface area contributed by atoms with Gasteiger partial charge in [0.05, 0.1) is 24.9 Å². The van der Waals surface area contributed by atoms with Gasteiger partial charge >= 0.3 is 0 Å². The lowest BCUT2D eigenvalue weighted by molar-refractivity contribution is -0.0423. The molecule has 0 aromatic heterocycles. The lowest BCUT2D eigenvalue weighted by Crippen LogP contribution is -2.24. The molecule has 0 aromatic carbocycles. The van der Waals surface area contributed by atoms with E-state index < -0.39 is 6.10 Å². The van der Waals surface area contributed by atoms with Crippen LogP contribution in [0.3, 0.4) is 0 Å². The molecular formula is C7H14O3. The second-order valence-electron chi connectivity index (χ2n) is 2.80. The Balaban J connectivity index is 2.28. The van der Waals surface area contributed by atoms with E-state index in [4.69, 9.17) is 14.9 Å². The van der Waals surface area contributed by atoms with E-state index in [1.54, 1.807) is 6.92 Å². The van der Waals surface area contributed by atoms with Crippen molar-refractivity contribution in [1.29, 1.82) is 0 Å². The zero-order valence-electron chi connectivity index (χ0n) is 6.16. The van der Waals surface area contributed by atoms with Gasteiger partial charge in [-0.05, 0) is 19.8 Å². The van der Waals surface area contributed by atoms with E-state index in [0.717, 1.165) is 12.8 Å². The van der Waals surface area contributed by atoms with Gasteiger partial charge in [-0.25, -0.2) is 0 Å². The van der Waals surface area contributed by atoms with E-state index >= 15 is 0 Å². The molecule has 10 heavy (non-hydrogen) atoms. The quantitative estimate of drug-likeness (QED) is 0.572. The number of aliphatic hydroxyl groups is 2. The highest BCUT2D eigenvalue weighted by Crippen LogP contribution is 2.21. The van der Waals surface area contributed by atoms with Gasteiger partial charge in [-0.2, -0.15) is 0 Å². The van der Waals surface area contributed by atoms with E-state index in [1.807, 2.05) is 0 Å². The molecule has 0 bridgehead atoms. The number of hydrogen-bond donors (Lipinski definition) is 2. The topological polar surface area (TPSA) is 49.7 Å². The fraction of sp³-hybridized carbons (Fsp3) is 1.00. The smallest absolute Gasteiger partial charge is 0.0837 e. The Bertz CT molecular complexity index is 103. The van der Waals surface area contributed by atoms with Crippen molar-refractivity contribution in [2.24, 2.45) is 0 Å². The summed E-state index contributed by atoms with van der Waals surface area (Å²) in [5, 5.41) is 17.7. The van der Waals surface area contributed by atoms with Crippen molar-refractivity contribution >= 4 is 0 Å². The van der Waals surface area contributed by atoms with Crippen LogP contribution < -0.4 is 0 Å². The second-order valence-corrected chi connectivity index (χ2v) is 2.80. The summed E-state index contributed by atoms with van der Waals surface area (Å²) in [4.78, 5) is 0. The third-order valence-corrected chi connectivity index (χ3v) is 1.88. The van der Waals surface area contributed by atoms with Gasteiger partial charge in [0, 0.05) is 0 Å². The zero-order valence-corrected chi connectivity index (χ0v) is 6.16. The highest BCUT2D eigenvalue weighted by molar-refractivity contribution is 4.76. The molecule has 0 unspecified atom stereocenters. The van der Waals surface area contributed by atoms with Gasteiger partial charge in [0.1, 0.15) is 0 Å². The fourth-order valence-corrected chi connectivity index (χ4v) is 1.22. The van der Waals surface area contributed by atoms with Crippen molar-refractivity contribution in [2.45, 2.75) is 38.1 Å². The molecule has 1 fully saturated rings. The summed E-state index contributed by atoms with van der Waals surface area (Å²) in [6.07, 6.45) is 1.22. The Morgan fingerprint density at radius 1 is 1.60 bits per heavy atom. The summed E-state index contributed by atoms with van der Waals surface area (Å²) in [5.41, 5.74) is 0. The Morgan fingerprint density at radius 2 is 2.30 bits per heavy atom. The van der Waals surface area contributed by atoms with Crippen molar-refractivity contribution in [1.82, 2.24) is 0 Å². The first-order valence-corrected chi connectivity index (χ1v) is 3.68. The molecule has 2 N–H and O–H groups in total. The maximum Gasteiger partial charge on any atom is 0.0837 e. The van der Waals surface area contributed by atoms with Gasteiger partial charge in [0.2, 0.25) is 0 Å². The molecule has 0 aromatic rings. The van der Waals surface area contributed by atoms with E-state index in [2.05, 4.69) is 0 Å². The molecule has 0 aliphatic carbocycles. The first kappa shape index (κ1) is 7.98. The summed E-state index contributed by atoms with van der Waals surface area (Å²) in [6.45, 7) is 1.79. The van der Waals surface area contributed by atoms with Gasteiger partial charge in [0.15, 0.2) is 0 Å². The van der Waals surface area contributed by atoms with Crippen LogP contribution in [-0.4, -0.2) is 35.1 Å². The van der Waals surface area contributed by atoms with Crippen LogP contribution in [0.15, 0.2) is 0 Å².